The molecule has 2 heterocycles. The lowest BCUT2D eigenvalue weighted by Crippen LogP contribution is -1.99. The number of aliphatic hydroxyl groups is 1. The summed E-state index contributed by atoms with van der Waals surface area (Å²) < 4.78 is 9.83. The van der Waals surface area contributed by atoms with Crippen molar-refractivity contribution in [1.29, 1.82) is 0 Å². The number of furan rings is 1. The number of hydrogen-bond donors (Lipinski definition) is 1. The minimum Gasteiger partial charge on any atom is -0.463 e. The highest BCUT2D eigenvalue weighted by atomic mass is 32.1. The number of thiophene rings is 1. The average Bonchev–Trinajstić information content (AvgIpc) is 2.96. The molecule has 0 aliphatic rings. The minimum absolute atomic E-state index is 0.0940. The maximum Gasteiger partial charge on any atom is 0.373 e. The third-order valence-corrected chi connectivity index (χ3v) is 3.94. The van der Waals surface area contributed by atoms with E-state index in [1.165, 1.54) is 24.5 Å². The van der Waals surface area contributed by atoms with Crippen LogP contribution in [0.25, 0.3) is 0 Å². The maximum atomic E-state index is 11.2. The Morgan fingerprint density at radius 2 is 2.17 bits per heavy atom. The zero-order chi connectivity index (χ0) is 13.3. The highest BCUT2D eigenvalue weighted by molar-refractivity contribution is 7.12. The van der Waals surface area contributed by atoms with E-state index in [1.807, 2.05) is 19.9 Å². The van der Waals surface area contributed by atoms with Gasteiger partial charge in [0.15, 0.2) is 0 Å². The van der Waals surface area contributed by atoms with Gasteiger partial charge in [0.2, 0.25) is 5.76 Å². The van der Waals surface area contributed by atoms with Crippen LogP contribution in [0.2, 0.25) is 0 Å². The molecule has 0 saturated heterocycles. The van der Waals surface area contributed by atoms with E-state index in [0.29, 0.717) is 5.76 Å². The van der Waals surface area contributed by atoms with Crippen molar-refractivity contribution in [1.82, 2.24) is 0 Å². The Morgan fingerprint density at radius 3 is 2.72 bits per heavy atom. The fourth-order valence-corrected chi connectivity index (χ4v) is 2.62. The summed E-state index contributed by atoms with van der Waals surface area (Å²) in [6.45, 7) is 3.99. The fourth-order valence-electron chi connectivity index (χ4n) is 1.59. The van der Waals surface area contributed by atoms with Crippen LogP contribution in [0.1, 0.15) is 37.7 Å². The van der Waals surface area contributed by atoms with Crippen LogP contribution < -0.4 is 0 Å². The number of carbonyl (C=O) groups excluding carboxylic acids is 1. The van der Waals surface area contributed by atoms with Gasteiger partial charge in [0.05, 0.1) is 7.11 Å². The molecule has 1 unspecified atom stereocenters. The lowest BCUT2D eigenvalue weighted by Gasteiger charge is -2.04. The molecular weight excluding hydrogens is 252 g/mol. The van der Waals surface area contributed by atoms with Gasteiger partial charge in [0.1, 0.15) is 11.9 Å². The van der Waals surface area contributed by atoms with E-state index in [4.69, 9.17) is 4.42 Å². The zero-order valence-corrected chi connectivity index (χ0v) is 11.2. The first-order chi connectivity index (χ1) is 8.52. The molecule has 18 heavy (non-hydrogen) atoms. The zero-order valence-electron chi connectivity index (χ0n) is 10.4. The molecule has 1 N–H and O–H groups in total. The molecule has 0 spiro atoms. The smallest absolute Gasteiger partial charge is 0.373 e. The molecule has 0 saturated carbocycles. The molecule has 0 aromatic carbocycles. The number of esters is 1. The number of methoxy groups -OCH3 is 1. The molecule has 1 atom stereocenters. The maximum absolute atomic E-state index is 11.2. The van der Waals surface area contributed by atoms with Crippen LogP contribution in [0.15, 0.2) is 22.6 Å². The molecule has 0 aliphatic carbocycles. The molecule has 2 aromatic rings. The predicted octanol–water partition coefficient (Wildman–Crippen LogP) is 2.83. The van der Waals surface area contributed by atoms with Crippen molar-refractivity contribution in [3.05, 3.63) is 45.0 Å². The molecule has 0 bridgehead atoms. The monoisotopic (exact) mass is 266 g/mol. The van der Waals surface area contributed by atoms with E-state index >= 15 is 0 Å². The summed E-state index contributed by atoms with van der Waals surface area (Å²) in [4.78, 5) is 13.2. The topological polar surface area (TPSA) is 59.7 Å². The number of rotatable bonds is 3. The van der Waals surface area contributed by atoms with Crippen molar-refractivity contribution in [2.75, 3.05) is 7.11 Å². The Kier molecular flexibility index (Phi) is 3.54. The van der Waals surface area contributed by atoms with Crippen LogP contribution in [-0.4, -0.2) is 18.2 Å². The SMILES string of the molecule is COC(=O)c1ccc(C(O)c2cc(C)c(C)s2)o1. The first kappa shape index (κ1) is 12.9. The third-order valence-electron chi connectivity index (χ3n) is 2.74. The highest BCUT2D eigenvalue weighted by Crippen LogP contribution is 2.31. The molecule has 0 radical (unpaired) electrons. The molecule has 5 heteroatoms. The molecule has 0 aliphatic heterocycles. The van der Waals surface area contributed by atoms with Crippen LogP contribution in [0.3, 0.4) is 0 Å². The predicted molar refractivity (Wildman–Crippen MR) is 67.9 cm³/mol. The van der Waals surface area contributed by atoms with Crippen molar-refractivity contribution in [3.63, 3.8) is 0 Å². The largest absolute Gasteiger partial charge is 0.463 e. The Bertz CT molecular complexity index is 548. The second kappa shape index (κ2) is 4.96. The van der Waals surface area contributed by atoms with Gasteiger partial charge in [-0.15, -0.1) is 11.3 Å². The summed E-state index contributed by atoms with van der Waals surface area (Å²) in [5, 5.41) is 10.2. The van der Waals surface area contributed by atoms with Crippen molar-refractivity contribution in [2.45, 2.75) is 20.0 Å². The molecule has 0 fully saturated rings. The van der Waals surface area contributed by atoms with E-state index in [2.05, 4.69) is 4.74 Å². The van der Waals surface area contributed by atoms with E-state index in [0.717, 1.165) is 15.3 Å². The van der Waals surface area contributed by atoms with Crippen LogP contribution in [0.5, 0.6) is 0 Å². The van der Waals surface area contributed by atoms with E-state index in [-0.39, 0.29) is 5.76 Å². The molecular formula is C13H14O4S. The van der Waals surface area contributed by atoms with Gasteiger partial charge in [-0.1, -0.05) is 0 Å². The van der Waals surface area contributed by atoms with Gasteiger partial charge in [0.25, 0.3) is 0 Å². The molecule has 0 amide bonds. The molecule has 4 nitrogen and oxygen atoms in total. The molecule has 96 valence electrons. The van der Waals surface area contributed by atoms with Crippen LogP contribution >= 0.6 is 11.3 Å². The normalized spacial score (nSPS) is 12.4. The van der Waals surface area contributed by atoms with E-state index in [9.17, 15) is 9.90 Å². The van der Waals surface area contributed by atoms with Gasteiger partial charge in [0, 0.05) is 9.75 Å². The summed E-state index contributed by atoms with van der Waals surface area (Å²) >= 11 is 1.51. The second-order valence-corrected chi connectivity index (χ2v) is 5.27. The Balaban J connectivity index is 2.26. The highest BCUT2D eigenvalue weighted by Gasteiger charge is 2.20. The van der Waals surface area contributed by atoms with Crippen LogP contribution in [0, 0.1) is 13.8 Å². The van der Waals surface area contributed by atoms with Gasteiger partial charge in [-0.25, -0.2) is 4.79 Å². The number of carbonyl (C=O) groups is 1. The quantitative estimate of drug-likeness (QED) is 0.868. The standard InChI is InChI=1S/C13H14O4S/c1-7-6-11(18-8(7)2)12(14)9-4-5-10(17-9)13(15)16-3/h4-6,12,14H,1-3H3. The Labute approximate surface area is 109 Å². The van der Waals surface area contributed by atoms with Gasteiger partial charge >= 0.3 is 5.97 Å². The van der Waals surface area contributed by atoms with Gasteiger partial charge in [-0.3, -0.25) is 0 Å². The average molecular weight is 266 g/mol. The fraction of sp³-hybridized carbons (Fsp3) is 0.308. The molecule has 2 rings (SSSR count). The second-order valence-electron chi connectivity index (χ2n) is 3.98. The number of hydrogen-bond acceptors (Lipinski definition) is 5. The Morgan fingerprint density at radius 1 is 1.44 bits per heavy atom. The lowest BCUT2D eigenvalue weighted by molar-refractivity contribution is 0.0558. The van der Waals surface area contributed by atoms with Gasteiger partial charge in [-0.05, 0) is 37.6 Å². The van der Waals surface area contributed by atoms with E-state index < -0.39 is 12.1 Å². The number of ether oxygens (including phenoxy) is 1. The van der Waals surface area contributed by atoms with Gasteiger partial charge < -0.3 is 14.3 Å². The summed E-state index contributed by atoms with van der Waals surface area (Å²) in [7, 11) is 1.28. The van der Waals surface area contributed by atoms with Crippen LogP contribution in [0.4, 0.5) is 0 Å². The van der Waals surface area contributed by atoms with E-state index in [1.54, 1.807) is 6.07 Å². The molecule has 2 aromatic heterocycles. The summed E-state index contributed by atoms with van der Waals surface area (Å²) in [6, 6.07) is 5.00. The third kappa shape index (κ3) is 2.32. The summed E-state index contributed by atoms with van der Waals surface area (Å²) in [5.41, 5.74) is 1.13. The number of aryl methyl sites for hydroxylation is 2. The number of aliphatic hydroxyl groups excluding tert-OH is 1. The van der Waals surface area contributed by atoms with Crippen molar-refractivity contribution < 1.29 is 19.1 Å². The van der Waals surface area contributed by atoms with Gasteiger partial charge in [-0.2, -0.15) is 0 Å². The summed E-state index contributed by atoms with van der Waals surface area (Å²) in [6.07, 6.45) is -0.846. The van der Waals surface area contributed by atoms with Crippen LogP contribution in [-0.2, 0) is 4.74 Å². The lowest BCUT2D eigenvalue weighted by atomic mass is 10.2. The van der Waals surface area contributed by atoms with Crippen molar-refractivity contribution in [2.24, 2.45) is 0 Å². The van der Waals surface area contributed by atoms with Crippen molar-refractivity contribution in [3.8, 4) is 0 Å². The van der Waals surface area contributed by atoms with Crippen molar-refractivity contribution >= 4 is 17.3 Å². The minimum atomic E-state index is -0.846. The first-order valence-electron chi connectivity index (χ1n) is 5.46. The summed E-state index contributed by atoms with van der Waals surface area (Å²) in [5.74, 6) is -0.111. The Hall–Kier alpha value is -1.59. The first-order valence-corrected chi connectivity index (χ1v) is 6.27.